The summed E-state index contributed by atoms with van der Waals surface area (Å²) in [5.41, 5.74) is 5.37. The molecule has 102 valence electrons. The van der Waals surface area contributed by atoms with E-state index in [1.807, 2.05) is 14.1 Å². The van der Waals surface area contributed by atoms with Gasteiger partial charge in [-0.1, -0.05) is 6.42 Å². The van der Waals surface area contributed by atoms with Crippen LogP contribution in [0.5, 0.6) is 0 Å². The zero-order chi connectivity index (χ0) is 12.9. The van der Waals surface area contributed by atoms with Gasteiger partial charge in [-0.3, -0.25) is 4.79 Å². The maximum atomic E-state index is 11.3. The predicted octanol–water partition coefficient (Wildman–Crippen LogP) is 0.200. The lowest BCUT2D eigenvalue weighted by Crippen LogP contribution is -2.28. The van der Waals surface area contributed by atoms with Gasteiger partial charge in [0, 0.05) is 19.5 Å². The van der Waals surface area contributed by atoms with Gasteiger partial charge in [0.05, 0.1) is 13.2 Å². The average Bonchev–Trinajstić information content (AvgIpc) is 2.29. The van der Waals surface area contributed by atoms with Gasteiger partial charge >= 0.3 is 0 Å². The van der Waals surface area contributed by atoms with Crippen LogP contribution in [0.2, 0.25) is 0 Å². The molecular formula is C12H27N3O2. The fourth-order valence-corrected chi connectivity index (χ4v) is 1.31. The molecule has 0 spiro atoms. The van der Waals surface area contributed by atoms with Crippen LogP contribution in [-0.4, -0.2) is 57.8 Å². The standard InChI is InChI=1S/C12H27N3O2/c1-15(2)9-11-17-10-8-14-12(16)6-4-3-5-7-13/h3-11,13H2,1-2H3,(H,14,16). The molecule has 0 rings (SSSR count). The van der Waals surface area contributed by atoms with Crippen molar-refractivity contribution in [3.63, 3.8) is 0 Å². The predicted molar refractivity (Wildman–Crippen MR) is 69.9 cm³/mol. The Balaban J connectivity index is 3.16. The fourth-order valence-electron chi connectivity index (χ4n) is 1.31. The van der Waals surface area contributed by atoms with Crippen molar-refractivity contribution >= 4 is 5.91 Å². The van der Waals surface area contributed by atoms with Crippen molar-refractivity contribution in [2.45, 2.75) is 25.7 Å². The Bertz CT molecular complexity index is 187. The summed E-state index contributed by atoms with van der Waals surface area (Å²) in [6.45, 7) is 3.51. The molecule has 0 aromatic carbocycles. The van der Waals surface area contributed by atoms with E-state index in [1.54, 1.807) is 0 Å². The zero-order valence-corrected chi connectivity index (χ0v) is 11.2. The summed E-state index contributed by atoms with van der Waals surface area (Å²) in [5.74, 6) is 0.109. The largest absolute Gasteiger partial charge is 0.378 e. The number of ether oxygens (including phenoxy) is 1. The molecule has 17 heavy (non-hydrogen) atoms. The highest BCUT2D eigenvalue weighted by Crippen LogP contribution is 1.97. The monoisotopic (exact) mass is 245 g/mol. The number of rotatable bonds is 11. The fraction of sp³-hybridized carbons (Fsp3) is 0.917. The molecule has 0 aliphatic rings. The maximum absolute atomic E-state index is 11.3. The number of carbonyl (C=O) groups excluding carboxylic acids is 1. The zero-order valence-electron chi connectivity index (χ0n) is 11.2. The number of carbonyl (C=O) groups is 1. The highest BCUT2D eigenvalue weighted by Gasteiger charge is 1.99. The van der Waals surface area contributed by atoms with Crippen LogP contribution in [0.3, 0.4) is 0 Å². The maximum Gasteiger partial charge on any atom is 0.220 e. The van der Waals surface area contributed by atoms with Crippen molar-refractivity contribution in [3.05, 3.63) is 0 Å². The first-order valence-corrected chi connectivity index (χ1v) is 6.36. The first-order chi connectivity index (χ1) is 8.16. The van der Waals surface area contributed by atoms with Gasteiger partial charge in [0.1, 0.15) is 0 Å². The van der Waals surface area contributed by atoms with Crippen LogP contribution in [0, 0.1) is 0 Å². The molecule has 0 aromatic heterocycles. The van der Waals surface area contributed by atoms with E-state index in [0.29, 0.717) is 32.7 Å². The summed E-state index contributed by atoms with van der Waals surface area (Å²) < 4.78 is 5.36. The summed E-state index contributed by atoms with van der Waals surface area (Å²) in [7, 11) is 4.01. The van der Waals surface area contributed by atoms with Crippen molar-refractivity contribution in [1.29, 1.82) is 0 Å². The third-order valence-electron chi connectivity index (χ3n) is 2.36. The Hall–Kier alpha value is -0.650. The van der Waals surface area contributed by atoms with Crippen molar-refractivity contribution in [3.8, 4) is 0 Å². The van der Waals surface area contributed by atoms with Gasteiger partial charge in [-0.25, -0.2) is 0 Å². The van der Waals surface area contributed by atoms with Crippen LogP contribution in [0.25, 0.3) is 0 Å². The summed E-state index contributed by atoms with van der Waals surface area (Å²) in [4.78, 5) is 13.4. The van der Waals surface area contributed by atoms with Gasteiger partial charge < -0.3 is 20.7 Å². The molecule has 0 bridgehead atoms. The lowest BCUT2D eigenvalue weighted by molar-refractivity contribution is -0.121. The number of unbranched alkanes of at least 4 members (excludes halogenated alkanes) is 2. The molecule has 0 saturated carbocycles. The van der Waals surface area contributed by atoms with Gasteiger partial charge in [-0.05, 0) is 33.5 Å². The molecule has 0 saturated heterocycles. The van der Waals surface area contributed by atoms with E-state index in [-0.39, 0.29) is 5.91 Å². The van der Waals surface area contributed by atoms with Crippen LogP contribution in [0.1, 0.15) is 25.7 Å². The molecular weight excluding hydrogens is 218 g/mol. The second kappa shape index (κ2) is 11.8. The van der Waals surface area contributed by atoms with Gasteiger partial charge in [0.25, 0.3) is 0 Å². The first-order valence-electron chi connectivity index (χ1n) is 6.36. The minimum Gasteiger partial charge on any atom is -0.378 e. The van der Waals surface area contributed by atoms with Crippen molar-refractivity contribution in [2.75, 3.05) is 46.9 Å². The molecule has 0 heterocycles. The minimum absolute atomic E-state index is 0.109. The molecule has 0 atom stereocenters. The second-order valence-corrected chi connectivity index (χ2v) is 4.36. The van der Waals surface area contributed by atoms with E-state index in [2.05, 4.69) is 10.2 Å². The van der Waals surface area contributed by atoms with Crippen LogP contribution < -0.4 is 11.1 Å². The third kappa shape index (κ3) is 13.3. The molecule has 0 fully saturated rings. The van der Waals surface area contributed by atoms with Gasteiger partial charge in [0.15, 0.2) is 0 Å². The van der Waals surface area contributed by atoms with E-state index >= 15 is 0 Å². The highest BCUT2D eigenvalue weighted by atomic mass is 16.5. The molecule has 0 aliphatic carbocycles. The van der Waals surface area contributed by atoms with E-state index in [9.17, 15) is 4.79 Å². The smallest absolute Gasteiger partial charge is 0.220 e. The number of likely N-dealkylation sites (N-methyl/N-ethyl adjacent to an activating group) is 1. The van der Waals surface area contributed by atoms with Crippen LogP contribution in [0.4, 0.5) is 0 Å². The van der Waals surface area contributed by atoms with Crippen molar-refractivity contribution in [2.24, 2.45) is 5.73 Å². The molecule has 0 aliphatic heterocycles. The van der Waals surface area contributed by atoms with E-state index in [1.165, 1.54) is 0 Å². The number of nitrogens with zero attached hydrogens (tertiary/aromatic N) is 1. The van der Waals surface area contributed by atoms with Crippen LogP contribution in [0.15, 0.2) is 0 Å². The Morgan fingerprint density at radius 1 is 1.24 bits per heavy atom. The van der Waals surface area contributed by atoms with Crippen LogP contribution in [-0.2, 0) is 9.53 Å². The van der Waals surface area contributed by atoms with Gasteiger partial charge in [-0.2, -0.15) is 0 Å². The molecule has 0 radical (unpaired) electrons. The summed E-state index contributed by atoms with van der Waals surface area (Å²) in [5, 5.41) is 2.84. The molecule has 5 nitrogen and oxygen atoms in total. The van der Waals surface area contributed by atoms with E-state index in [4.69, 9.17) is 10.5 Å². The first kappa shape index (κ1) is 16.4. The molecule has 0 unspecified atom stereocenters. The van der Waals surface area contributed by atoms with E-state index in [0.717, 1.165) is 25.8 Å². The number of hydrogen-bond acceptors (Lipinski definition) is 4. The summed E-state index contributed by atoms with van der Waals surface area (Å²) in [6.07, 6.45) is 3.55. The lowest BCUT2D eigenvalue weighted by Gasteiger charge is -2.10. The summed E-state index contributed by atoms with van der Waals surface area (Å²) in [6, 6.07) is 0. The number of nitrogens with one attached hydrogen (secondary N) is 1. The third-order valence-corrected chi connectivity index (χ3v) is 2.36. The number of amides is 1. The Labute approximate surface area is 105 Å². The lowest BCUT2D eigenvalue weighted by atomic mass is 10.2. The second-order valence-electron chi connectivity index (χ2n) is 4.36. The molecule has 5 heteroatoms. The Morgan fingerprint density at radius 2 is 2.00 bits per heavy atom. The quantitative estimate of drug-likeness (QED) is 0.510. The number of hydrogen-bond donors (Lipinski definition) is 2. The highest BCUT2D eigenvalue weighted by molar-refractivity contribution is 5.75. The van der Waals surface area contributed by atoms with E-state index < -0.39 is 0 Å². The van der Waals surface area contributed by atoms with Crippen LogP contribution >= 0.6 is 0 Å². The van der Waals surface area contributed by atoms with Crippen molar-refractivity contribution in [1.82, 2.24) is 10.2 Å². The topological polar surface area (TPSA) is 67.6 Å². The summed E-state index contributed by atoms with van der Waals surface area (Å²) >= 11 is 0. The SMILES string of the molecule is CN(C)CCOCCNC(=O)CCCCCN. The van der Waals surface area contributed by atoms with Crippen molar-refractivity contribution < 1.29 is 9.53 Å². The Morgan fingerprint density at radius 3 is 2.65 bits per heavy atom. The van der Waals surface area contributed by atoms with Gasteiger partial charge in [-0.15, -0.1) is 0 Å². The minimum atomic E-state index is 0.109. The average molecular weight is 245 g/mol. The number of nitrogens with two attached hydrogens (primary N) is 1. The van der Waals surface area contributed by atoms with Gasteiger partial charge in [0.2, 0.25) is 5.91 Å². The normalized spacial score (nSPS) is 10.8. The molecule has 3 N–H and O–H groups in total. The Kier molecular flexibility index (Phi) is 11.4. The molecule has 0 aromatic rings. The molecule has 1 amide bonds.